The molecule has 0 aromatic carbocycles. The summed E-state index contributed by atoms with van der Waals surface area (Å²) in [5.74, 6) is -0.0799. The molecule has 3 nitrogen and oxygen atoms in total. The van der Waals surface area contributed by atoms with E-state index in [4.69, 9.17) is 4.55 Å². The van der Waals surface area contributed by atoms with E-state index in [1.165, 1.54) is 44.9 Å². The first kappa shape index (κ1) is 24.7. The van der Waals surface area contributed by atoms with E-state index in [-0.39, 0.29) is 59.1 Å². The molecule has 0 rings (SSSR count). The van der Waals surface area contributed by atoms with Crippen LogP contribution in [0.4, 0.5) is 0 Å². The van der Waals surface area contributed by atoms with Gasteiger partial charge in [-0.25, -0.2) is 0 Å². The minimum Gasteiger partial charge on any atom is -1.00 e. The second kappa shape index (κ2) is 16.7. The molecule has 0 atom stereocenters. The maximum atomic E-state index is 10.4. The van der Waals surface area contributed by atoms with Crippen LogP contribution in [-0.4, -0.2) is 18.7 Å². The van der Waals surface area contributed by atoms with Gasteiger partial charge in [-0.05, 0) is 6.42 Å². The molecular weight excluding hydrogens is 355 g/mol. The Bertz CT molecular complexity index is 251. The van der Waals surface area contributed by atoms with E-state index >= 15 is 0 Å². The Morgan fingerprint density at radius 1 is 0.833 bits per heavy atom. The summed E-state index contributed by atoms with van der Waals surface area (Å²) < 4.78 is 29.4. The van der Waals surface area contributed by atoms with Gasteiger partial charge in [0.05, 0.1) is 5.75 Å². The molecule has 1 radical (unpaired) electrons. The second-order valence-corrected chi connectivity index (χ2v) is 6.04. The van der Waals surface area contributed by atoms with Crippen LogP contribution in [-0.2, 0) is 32.5 Å². The normalized spacial score (nSPS) is 10.6. The average molecular weight is 382 g/mol. The summed E-state index contributed by atoms with van der Waals surface area (Å²) in [5, 5.41) is 0. The first-order chi connectivity index (χ1) is 7.56. The Morgan fingerprint density at radius 2 is 1.17 bits per heavy atom. The summed E-state index contributed by atoms with van der Waals surface area (Å²) in [6, 6.07) is 0. The standard InChI is InChI=1S/C12H26O3S.Ag.Na.H/c1-2-3-4-5-6-7-8-9-10-11-12-16(13,14)15;;;/h2-12H2,1H3,(H,13,14,15);;;/q;;+1;-1. The summed E-state index contributed by atoms with van der Waals surface area (Å²) in [5.41, 5.74) is 0. The van der Waals surface area contributed by atoms with Crippen LogP contribution in [0, 0.1) is 0 Å². The molecule has 0 saturated heterocycles. The van der Waals surface area contributed by atoms with Crippen molar-refractivity contribution < 1.29 is 66.3 Å². The maximum absolute atomic E-state index is 10.4. The molecule has 0 aliphatic rings. The Labute approximate surface area is 152 Å². The summed E-state index contributed by atoms with van der Waals surface area (Å²) in [6.07, 6.45) is 11.7. The third kappa shape index (κ3) is 22.8. The molecular formula is C12H27AgNaO3S. The molecule has 0 fully saturated rings. The predicted octanol–water partition coefficient (Wildman–Crippen LogP) is 0.909. The average Bonchev–Trinajstić information content (AvgIpc) is 2.19. The molecule has 0 amide bonds. The monoisotopic (exact) mass is 381 g/mol. The zero-order valence-corrected chi connectivity index (χ0v) is 16.1. The smallest absolute Gasteiger partial charge is 1.00 e. The van der Waals surface area contributed by atoms with Crippen molar-refractivity contribution in [2.45, 2.75) is 71.1 Å². The minimum absolute atomic E-state index is 0. The van der Waals surface area contributed by atoms with Crippen LogP contribution in [0.5, 0.6) is 0 Å². The van der Waals surface area contributed by atoms with E-state index in [1.54, 1.807) is 0 Å². The molecule has 0 unspecified atom stereocenters. The van der Waals surface area contributed by atoms with E-state index in [2.05, 4.69) is 6.92 Å². The molecule has 0 aromatic rings. The SMILES string of the molecule is CCCCCCCCCCCCS(=O)(=O)O.[Ag].[H-].[Na+]. The number of hydrogen-bond acceptors (Lipinski definition) is 2. The van der Waals surface area contributed by atoms with Gasteiger partial charge < -0.3 is 1.43 Å². The second-order valence-electron chi connectivity index (χ2n) is 4.47. The fraction of sp³-hybridized carbons (Fsp3) is 1.00. The van der Waals surface area contributed by atoms with Gasteiger partial charge in [0.25, 0.3) is 10.1 Å². The van der Waals surface area contributed by atoms with Crippen LogP contribution in [0.2, 0.25) is 0 Å². The van der Waals surface area contributed by atoms with Crippen molar-refractivity contribution in [2.24, 2.45) is 0 Å². The maximum Gasteiger partial charge on any atom is 1.00 e. The molecule has 0 aromatic heterocycles. The summed E-state index contributed by atoms with van der Waals surface area (Å²) in [7, 11) is -3.73. The minimum atomic E-state index is -3.73. The van der Waals surface area contributed by atoms with Crippen molar-refractivity contribution in [3.8, 4) is 0 Å². The van der Waals surface area contributed by atoms with Gasteiger partial charge in [-0.15, -0.1) is 0 Å². The van der Waals surface area contributed by atoms with E-state index < -0.39 is 10.1 Å². The van der Waals surface area contributed by atoms with Crippen LogP contribution < -0.4 is 29.6 Å². The predicted molar refractivity (Wildman–Crippen MR) is 69.4 cm³/mol. The van der Waals surface area contributed by atoms with E-state index in [0.29, 0.717) is 6.42 Å². The van der Waals surface area contributed by atoms with Crippen LogP contribution in [0.25, 0.3) is 0 Å². The van der Waals surface area contributed by atoms with Gasteiger partial charge >= 0.3 is 29.6 Å². The van der Waals surface area contributed by atoms with E-state index in [1.807, 2.05) is 0 Å². The number of hydrogen-bond donors (Lipinski definition) is 1. The Morgan fingerprint density at radius 3 is 1.50 bits per heavy atom. The Hall–Kier alpha value is 1.65. The number of rotatable bonds is 11. The molecule has 0 aliphatic carbocycles. The molecule has 0 bridgehead atoms. The van der Waals surface area contributed by atoms with Crippen molar-refractivity contribution >= 4 is 10.1 Å². The molecule has 0 aliphatic heterocycles. The third-order valence-corrected chi connectivity index (χ3v) is 3.56. The van der Waals surface area contributed by atoms with Crippen molar-refractivity contribution in [2.75, 3.05) is 5.75 Å². The Balaban J connectivity index is -0.000000375. The van der Waals surface area contributed by atoms with E-state index in [9.17, 15) is 8.42 Å². The zero-order chi connectivity index (χ0) is 12.3. The van der Waals surface area contributed by atoms with Crippen molar-refractivity contribution in [1.82, 2.24) is 0 Å². The first-order valence-electron chi connectivity index (χ1n) is 6.51. The molecule has 0 saturated carbocycles. The fourth-order valence-electron chi connectivity index (χ4n) is 1.77. The first-order valence-corrected chi connectivity index (χ1v) is 8.12. The van der Waals surface area contributed by atoms with Gasteiger partial charge in [0.15, 0.2) is 0 Å². The van der Waals surface area contributed by atoms with Crippen LogP contribution in [0.3, 0.4) is 0 Å². The van der Waals surface area contributed by atoms with Crippen LogP contribution in [0.1, 0.15) is 72.6 Å². The van der Waals surface area contributed by atoms with Gasteiger partial charge in [-0.3, -0.25) is 4.55 Å². The Kier molecular flexibility index (Phi) is 22.9. The van der Waals surface area contributed by atoms with Crippen molar-refractivity contribution in [3.63, 3.8) is 0 Å². The third-order valence-electron chi connectivity index (χ3n) is 2.76. The largest absolute Gasteiger partial charge is 1.00 e. The fourth-order valence-corrected chi connectivity index (χ4v) is 2.34. The van der Waals surface area contributed by atoms with E-state index in [0.717, 1.165) is 12.8 Å². The quantitative estimate of drug-likeness (QED) is 0.328. The van der Waals surface area contributed by atoms with Crippen LogP contribution in [0.15, 0.2) is 0 Å². The molecule has 0 spiro atoms. The van der Waals surface area contributed by atoms with Gasteiger partial charge in [0.2, 0.25) is 0 Å². The van der Waals surface area contributed by atoms with Gasteiger partial charge in [-0.2, -0.15) is 8.42 Å². The van der Waals surface area contributed by atoms with Gasteiger partial charge in [0, 0.05) is 22.4 Å². The zero-order valence-electron chi connectivity index (χ0n) is 12.8. The summed E-state index contributed by atoms with van der Waals surface area (Å²) in [4.78, 5) is 0. The van der Waals surface area contributed by atoms with Crippen LogP contribution >= 0.6 is 0 Å². The number of unbranched alkanes of at least 4 members (excludes halogenated alkanes) is 9. The molecule has 111 valence electrons. The molecule has 6 heteroatoms. The van der Waals surface area contributed by atoms with Crippen molar-refractivity contribution in [3.05, 3.63) is 0 Å². The van der Waals surface area contributed by atoms with Gasteiger partial charge in [0.1, 0.15) is 0 Å². The summed E-state index contributed by atoms with van der Waals surface area (Å²) in [6.45, 7) is 2.22. The molecule has 0 heterocycles. The summed E-state index contributed by atoms with van der Waals surface area (Å²) >= 11 is 0. The van der Waals surface area contributed by atoms with Crippen molar-refractivity contribution in [1.29, 1.82) is 0 Å². The molecule has 1 N–H and O–H groups in total. The molecule has 18 heavy (non-hydrogen) atoms. The topological polar surface area (TPSA) is 54.4 Å². The van der Waals surface area contributed by atoms with Gasteiger partial charge in [-0.1, -0.05) is 64.7 Å².